The van der Waals surface area contributed by atoms with Crippen molar-refractivity contribution < 1.29 is 9.53 Å². The molecule has 0 bridgehead atoms. The molecule has 1 heterocycles. The van der Waals surface area contributed by atoms with Crippen LogP contribution in [0.1, 0.15) is 43.7 Å². The number of hydrogen-bond acceptors (Lipinski definition) is 4. The van der Waals surface area contributed by atoms with E-state index in [9.17, 15) is 4.79 Å². The summed E-state index contributed by atoms with van der Waals surface area (Å²) < 4.78 is 5.25. The van der Waals surface area contributed by atoms with Crippen LogP contribution < -0.4 is 15.4 Å². The van der Waals surface area contributed by atoms with E-state index in [1.54, 1.807) is 19.4 Å². The molecule has 0 fully saturated rings. The highest BCUT2D eigenvalue weighted by Crippen LogP contribution is 2.23. The van der Waals surface area contributed by atoms with Crippen LogP contribution in [0, 0.1) is 0 Å². The van der Waals surface area contributed by atoms with Crippen LogP contribution in [0.3, 0.4) is 0 Å². The van der Waals surface area contributed by atoms with Gasteiger partial charge in [0.1, 0.15) is 5.75 Å². The average molecular weight is 408 g/mol. The van der Waals surface area contributed by atoms with Crippen molar-refractivity contribution in [2.24, 2.45) is 0 Å². The van der Waals surface area contributed by atoms with Gasteiger partial charge < -0.3 is 15.4 Å². The highest BCUT2D eigenvalue weighted by atomic mass is 16.5. The van der Waals surface area contributed by atoms with E-state index in [1.807, 2.05) is 42.6 Å². The molecule has 0 radical (unpaired) electrons. The summed E-state index contributed by atoms with van der Waals surface area (Å²) in [5, 5.41) is 6.19. The lowest BCUT2D eigenvalue weighted by atomic mass is 9.99. The number of carbonyl (C=O) groups excluding carboxylic acids is 1. The number of methoxy groups -OCH3 is 1. The van der Waals surface area contributed by atoms with Gasteiger partial charge in [-0.25, -0.2) is 0 Å². The van der Waals surface area contributed by atoms with Gasteiger partial charge in [-0.05, 0) is 47.7 Å². The van der Waals surface area contributed by atoms with Crippen molar-refractivity contribution in [3.05, 3.63) is 78.1 Å². The third-order valence-corrected chi connectivity index (χ3v) is 4.71. The number of amides is 1. The zero-order valence-electron chi connectivity index (χ0n) is 18.1. The third-order valence-electron chi connectivity index (χ3n) is 4.71. The largest absolute Gasteiger partial charge is 0.497 e. The van der Waals surface area contributed by atoms with Crippen molar-refractivity contribution in [3.8, 4) is 5.75 Å². The van der Waals surface area contributed by atoms with E-state index in [-0.39, 0.29) is 5.91 Å². The summed E-state index contributed by atoms with van der Waals surface area (Å²) in [5.74, 6) is 0.760. The second kappa shape index (κ2) is 14.1. The van der Waals surface area contributed by atoms with Gasteiger partial charge >= 0.3 is 0 Å². The molecule has 2 rings (SSSR count). The van der Waals surface area contributed by atoms with Crippen molar-refractivity contribution in [3.63, 3.8) is 0 Å². The number of hydrogen-bond donors (Lipinski definition) is 2. The maximum atomic E-state index is 12.1. The van der Waals surface area contributed by atoms with Crippen LogP contribution in [0.25, 0.3) is 5.57 Å². The molecular formula is C25H33N3O2. The lowest BCUT2D eigenvalue weighted by molar-refractivity contribution is -0.116. The summed E-state index contributed by atoms with van der Waals surface area (Å²) in [6.07, 6.45) is 13.6. The smallest absolute Gasteiger partial charge is 0.244 e. The Bertz CT molecular complexity index is 799. The zero-order chi connectivity index (χ0) is 21.4. The fraction of sp³-hybridized carbons (Fsp3) is 0.360. The SMILES string of the molecule is CCCCCC(=CC=CC(=O)NCCNCc1cccnc1)c1ccc(OC)cc1. The molecule has 0 saturated heterocycles. The van der Waals surface area contributed by atoms with Crippen molar-refractivity contribution in [1.29, 1.82) is 0 Å². The Kier molecular flexibility index (Phi) is 11.0. The summed E-state index contributed by atoms with van der Waals surface area (Å²) in [6, 6.07) is 12.0. The van der Waals surface area contributed by atoms with Crippen LogP contribution in [0.4, 0.5) is 0 Å². The first-order chi connectivity index (χ1) is 14.7. The number of benzene rings is 1. The van der Waals surface area contributed by atoms with Crippen LogP contribution in [0.15, 0.2) is 67.0 Å². The Morgan fingerprint density at radius 1 is 1.13 bits per heavy atom. The second-order valence-corrected chi connectivity index (χ2v) is 7.07. The third kappa shape index (κ3) is 9.05. The molecule has 5 nitrogen and oxygen atoms in total. The van der Waals surface area contributed by atoms with Gasteiger partial charge in [0.15, 0.2) is 0 Å². The number of nitrogens with zero attached hydrogens (tertiary/aromatic N) is 1. The Labute approximate surface area is 180 Å². The van der Waals surface area contributed by atoms with Crippen molar-refractivity contribution >= 4 is 11.5 Å². The number of pyridine rings is 1. The normalized spacial score (nSPS) is 11.6. The average Bonchev–Trinajstić information content (AvgIpc) is 2.79. The maximum Gasteiger partial charge on any atom is 0.244 e. The molecule has 0 aliphatic rings. The number of aromatic nitrogens is 1. The van der Waals surface area contributed by atoms with E-state index in [4.69, 9.17) is 4.74 Å². The van der Waals surface area contributed by atoms with Crippen LogP contribution >= 0.6 is 0 Å². The highest BCUT2D eigenvalue weighted by Gasteiger charge is 2.02. The van der Waals surface area contributed by atoms with Gasteiger partial charge in [0.2, 0.25) is 5.91 Å². The number of unbranched alkanes of at least 4 members (excludes halogenated alkanes) is 2. The Balaban J connectivity index is 1.80. The molecule has 1 aromatic carbocycles. The highest BCUT2D eigenvalue weighted by molar-refractivity contribution is 5.88. The second-order valence-electron chi connectivity index (χ2n) is 7.07. The molecule has 2 N–H and O–H groups in total. The topological polar surface area (TPSA) is 63.2 Å². The lowest BCUT2D eigenvalue weighted by Gasteiger charge is -2.08. The van der Waals surface area contributed by atoms with Gasteiger partial charge in [-0.1, -0.05) is 50.1 Å². The van der Waals surface area contributed by atoms with Crippen LogP contribution in [-0.4, -0.2) is 31.1 Å². The Morgan fingerprint density at radius 2 is 1.97 bits per heavy atom. The summed E-state index contributed by atoms with van der Waals surface area (Å²) in [4.78, 5) is 16.1. The summed E-state index contributed by atoms with van der Waals surface area (Å²) in [6.45, 7) is 4.23. The fourth-order valence-electron chi connectivity index (χ4n) is 3.01. The quantitative estimate of drug-likeness (QED) is 0.291. The maximum absolute atomic E-state index is 12.1. The van der Waals surface area contributed by atoms with Gasteiger partial charge in [-0.3, -0.25) is 9.78 Å². The Hall–Kier alpha value is -2.92. The minimum Gasteiger partial charge on any atom is -0.497 e. The number of carbonyl (C=O) groups is 1. The molecule has 30 heavy (non-hydrogen) atoms. The van der Waals surface area contributed by atoms with Gasteiger partial charge in [-0.15, -0.1) is 0 Å². The molecule has 0 unspecified atom stereocenters. The molecule has 0 spiro atoms. The van der Waals surface area contributed by atoms with Crippen LogP contribution in [0.2, 0.25) is 0 Å². The first-order valence-corrected chi connectivity index (χ1v) is 10.6. The molecule has 0 saturated carbocycles. The van der Waals surface area contributed by atoms with E-state index in [0.29, 0.717) is 13.1 Å². The minimum absolute atomic E-state index is 0.0860. The van der Waals surface area contributed by atoms with E-state index in [2.05, 4.69) is 34.7 Å². The van der Waals surface area contributed by atoms with Gasteiger partial charge in [0.25, 0.3) is 0 Å². The van der Waals surface area contributed by atoms with Crippen LogP contribution in [0.5, 0.6) is 5.75 Å². The zero-order valence-corrected chi connectivity index (χ0v) is 18.1. The van der Waals surface area contributed by atoms with E-state index >= 15 is 0 Å². The number of ether oxygens (including phenoxy) is 1. The number of rotatable bonds is 13. The van der Waals surface area contributed by atoms with E-state index < -0.39 is 0 Å². The molecule has 1 aromatic heterocycles. The minimum atomic E-state index is -0.0860. The molecule has 2 aromatic rings. The standard InChI is InChI=1S/C25H33N3O2/c1-3-4-5-9-22(23-12-14-24(30-2)15-13-23)10-6-11-25(29)28-18-17-27-20-21-8-7-16-26-19-21/h6-8,10-16,19,27H,3-5,9,17-18,20H2,1-2H3,(H,28,29). The lowest BCUT2D eigenvalue weighted by Crippen LogP contribution is -2.30. The summed E-state index contributed by atoms with van der Waals surface area (Å²) in [7, 11) is 1.67. The predicted molar refractivity (Wildman–Crippen MR) is 123 cm³/mol. The van der Waals surface area contributed by atoms with Gasteiger partial charge in [-0.2, -0.15) is 0 Å². The molecule has 0 aliphatic carbocycles. The first-order valence-electron chi connectivity index (χ1n) is 10.6. The Morgan fingerprint density at radius 3 is 2.67 bits per heavy atom. The summed E-state index contributed by atoms with van der Waals surface area (Å²) in [5.41, 5.74) is 3.52. The fourth-order valence-corrected chi connectivity index (χ4v) is 3.01. The number of allylic oxidation sites excluding steroid dienone is 3. The van der Waals surface area contributed by atoms with Crippen molar-refractivity contribution in [2.75, 3.05) is 20.2 Å². The van der Waals surface area contributed by atoms with E-state index in [0.717, 1.165) is 36.3 Å². The van der Waals surface area contributed by atoms with Crippen molar-refractivity contribution in [2.45, 2.75) is 39.2 Å². The van der Waals surface area contributed by atoms with Gasteiger partial charge in [0.05, 0.1) is 7.11 Å². The van der Waals surface area contributed by atoms with Crippen molar-refractivity contribution in [1.82, 2.24) is 15.6 Å². The molecular weight excluding hydrogens is 374 g/mol. The van der Waals surface area contributed by atoms with E-state index in [1.165, 1.54) is 18.4 Å². The predicted octanol–water partition coefficient (Wildman–Crippen LogP) is 4.52. The molecule has 160 valence electrons. The number of nitrogens with one attached hydrogen (secondary N) is 2. The molecule has 1 amide bonds. The monoisotopic (exact) mass is 407 g/mol. The first kappa shape index (κ1) is 23.4. The molecule has 0 aliphatic heterocycles. The summed E-state index contributed by atoms with van der Waals surface area (Å²) >= 11 is 0. The molecule has 0 atom stereocenters. The van der Waals surface area contributed by atoms with Gasteiger partial charge in [0, 0.05) is 38.1 Å². The van der Waals surface area contributed by atoms with Crippen LogP contribution in [-0.2, 0) is 11.3 Å². The molecule has 5 heteroatoms.